The van der Waals surface area contributed by atoms with Gasteiger partial charge in [-0.15, -0.1) is 13.0 Å². The summed E-state index contributed by atoms with van der Waals surface area (Å²) >= 11 is 0. The van der Waals surface area contributed by atoms with Crippen molar-refractivity contribution in [1.82, 2.24) is 9.97 Å². The van der Waals surface area contributed by atoms with Gasteiger partial charge in [0.05, 0.1) is 18.1 Å². The highest BCUT2D eigenvalue weighted by Gasteiger charge is 2.17. The van der Waals surface area contributed by atoms with Crippen LogP contribution in [0, 0.1) is 19.3 Å². The van der Waals surface area contributed by atoms with Crippen LogP contribution in [0.1, 0.15) is 48.9 Å². The summed E-state index contributed by atoms with van der Waals surface area (Å²) in [5.74, 6) is 4.57. The molecule has 1 atom stereocenters. The molecule has 2 rings (SSSR count). The first-order chi connectivity index (χ1) is 13.0. The molecule has 1 unspecified atom stereocenters. The van der Waals surface area contributed by atoms with Crippen molar-refractivity contribution in [3.05, 3.63) is 66.1 Å². The van der Waals surface area contributed by atoms with E-state index < -0.39 is 0 Å². The molecule has 27 heavy (non-hydrogen) atoms. The lowest BCUT2D eigenvalue weighted by Gasteiger charge is -2.17. The van der Waals surface area contributed by atoms with Crippen LogP contribution in [0.2, 0.25) is 0 Å². The molecular formula is C23H27N3O. The van der Waals surface area contributed by atoms with Crippen LogP contribution in [0.5, 0.6) is 0 Å². The molecule has 0 amide bonds. The summed E-state index contributed by atoms with van der Waals surface area (Å²) in [6.07, 6.45) is 10.2. The van der Waals surface area contributed by atoms with Crippen LogP contribution >= 0.6 is 0 Å². The third-order valence-corrected chi connectivity index (χ3v) is 4.42. The van der Waals surface area contributed by atoms with Crippen LogP contribution in [0.15, 0.2) is 49.3 Å². The number of unbranched alkanes of at least 4 members (excludes halogenated alkanes) is 1. The monoisotopic (exact) mass is 361 g/mol. The van der Waals surface area contributed by atoms with E-state index in [9.17, 15) is 0 Å². The van der Waals surface area contributed by atoms with Gasteiger partial charge in [0, 0.05) is 22.6 Å². The Bertz CT molecular complexity index is 847. The fourth-order valence-corrected chi connectivity index (χ4v) is 2.84. The van der Waals surface area contributed by atoms with Crippen molar-refractivity contribution in [3.8, 4) is 23.7 Å². The van der Waals surface area contributed by atoms with Crippen LogP contribution in [0.25, 0.3) is 11.4 Å². The summed E-state index contributed by atoms with van der Waals surface area (Å²) in [5, 5.41) is 0. The van der Waals surface area contributed by atoms with Gasteiger partial charge in [-0.05, 0) is 57.4 Å². The molecule has 0 aliphatic rings. The number of benzene rings is 1. The maximum Gasteiger partial charge on any atom is 0.161 e. The fraction of sp³-hybridized carbons (Fsp3) is 0.304. The maximum atomic E-state index is 6.17. The number of hydrogen-bond acceptors (Lipinski definition) is 4. The molecular weight excluding hydrogens is 334 g/mol. The molecule has 0 radical (unpaired) electrons. The Balaban J connectivity index is 2.20. The second-order valence-electron chi connectivity index (χ2n) is 6.55. The molecule has 0 spiro atoms. The topological polar surface area (TPSA) is 61.0 Å². The molecule has 0 aliphatic heterocycles. The summed E-state index contributed by atoms with van der Waals surface area (Å²) < 4.78 is 5.42. The highest BCUT2D eigenvalue weighted by Crippen LogP contribution is 2.29. The van der Waals surface area contributed by atoms with E-state index in [1.165, 1.54) is 0 Å². The van der Waals surface area contributed by atoms with Crippen molar-refractivity contribution in [2.75, 3.05) is 12.3 Å². The molecule has 4 nitrogen and oxygen atoms in total. The van der Waals surface area contributed by atoms with Gasteiger partial charge in [0.2, 0.25) is 0 Å². The van der Waals surface area contributed by atoms with Gasteiger partial charge >= 0.3 is 0 Å². The predicted octanol–water partition coefficient (Wildman–Crippen LogP) is 5.01. The number of nitrogen functional groups attached to an aromatic ring is 1. The molecule has 0 fully saturated rings. The molecule has 0 saturated carbocycles. The maximum absolute atomic E-state index is 6.17. The second-order valence-corrected chi connectivity index (χ2v) is 6.55. The van der Waals surface area contributed by atoms with Gasteiger partial charge in [-0.3, -0.25) is 0 Å². The van der Waals surface area contributed by atoms with E-state index in [-0.39, 0.29) is 5.92 Å². The molecule has 140 valence electrons. The number of hydrogen-bond donors (Lipinski definition) is 1. The first-order valence-corrected chi connectivity index (χ1v) is 9.08. The number of allylic oxidation sites excluding steroid dienone is 2. The Kier molecular flexibility index (Phi) is 7.19. The number of nitrogens with two attached hydrogens (primary N) is 1. The molecule has 0 aliphatic carbocycles. The van der Waals surface area contributed by atoms with Gasteiger partial charge in [-0.2, -0.15) is 0 Å². The molecule has 1 aromatic heterocycles. The van der Waals surface area contributed by atoms with E-state index in [0.717, 1.165) is 47.4 Å². The lowest BCUT2D eigenvalue weighted by molar-refractivity contribution is 0.208. The Hall–Kier alpha value is -3.06. The van der Waals surface area contributed by atoms with Crippen molar-refractivity contribution in [2.45, 2.75) is 39.0 Å². The molecule has 1 aromatic carbocycles. The summed E-state index contributed by atoms with van der Waals surface area (Å²) in [6, 6.07) is 7.59. The normalized spacial score (nSPS) is 11.4. The first-order valence-electron chi connectivity index (χ1n) is 9.08. The van der Waals surface area contributed by atoms with Gasteiger partial charge in [0.1, 0.15) is 5.82 Å². The number of anilines is 1. The van der Waals surface area contributed by atoms with Gasteiger partial charge in [-0.1, -0.05) is 18.6 Å². The Morgan fingerprint density at radius 1 is 1.30 bits per heavy atom. The summed E-state index contributed by atoms with van der Waals surface area (Å²) in [6.45, 7) is 12.2. The number of aromatic nitrogens is 2. The summed E-state index contributed by atoms with van der Waals surface area (Å²) in [7, 11) is 0. The summed E-state index contributed by atoms with van der Waals surface area (Å²) in [5.41, 5.74) is 9.71. The van der Waals surface area contributed by atoms with E-state index in [4.69, 9.17) is 21.9 Å². The zero-order valence-electron chi connectivity index (χ0n) is 16.2. The van der Waals surface area contributed by atoms with Crippen molar-refractivity contribution in [1.29, 1.82) is 0 Å². The molecule has 0 bridgehead atoms. The highest BCUT2D eigenvalue weighted by atomic mass is 16.5. The lowest BCUT2D eigenvalue weighted by atomic mass is 9.95. The van der Waals surface area contributed by atoms with Crippen molar-refractivity contribution < 1.29 is 4.74 Å². The van der Waals surface area contributed by atoms with Gasteiger partial charge < -0.3 is 10.5 Å². The number of nitrogens with zero attached hydrogens (tertiary/aromatic N) is 2. The summed E-state index contributed by atoms with van der Waals surface area (Å²) in [4.78, 5) is 9.25. The van der Waals surface area contributed by atoms with E-state index in [1.807, 2.05) is 44.2 Å². The smallest absolute Gasteiger partial charge is 0.161 e. The minimum atomic E-state index is 0.115. The van der Waals surface area contributed by atoms with Crippen LogP contribution in [0.4, 0.5) is 5.82 Å². The van der Waals surface area contributed by atoms with Crippen LogP contribution < -0.4 is 5.73 Å². The Morgan fingerprint density at radius 2 is 2.00 bits per heavy atom. The van der Waals surface area contributed by atoms with Gasteiger partial charge in [0.25, 0.3) is 0 Å². The molecule has 1 heterocycles. The minimum absolute atomic E-state index is 0.115. The molecule has 2 N–H and O–H groups in total. The highest BCUT2D eigenvalue weighted by molar-refractivity contribution is 5.60. The minimum Gasteiger partial charge on any atom is -0.499 e. The van der Waals surface area contributed by atoms with Crippen molar-refractivity contribution in [2.24, 2.45) is 0 Å². The standard InChI is InChI=1S/C23H27N3O/c1-6-18-11-13-20(14-12-18)23-25-21(17(5)22(24)26-23)19(7-2)10-8-9-15-27-16(3)4/h1,7,11-14,19H,2-3,8-10,15H2,4-5H3,(H2,24,25,26). The SMILES string of the molecule is C#Cc1ccc(-c2nc(N)c(C)c(C(C=C)CCCCOC(=C)C)n2)cc1. The molecule has 4 heteroatoms. The van der Waals surface area contributed by atoms with Gasteiger partial charge in [0.15, 0.2) is 5.82 Å². The molecule has 0 saturated heterocycles. The second kappa shape index (κ2) is 9.59. The predicted molar refractivity (Wildman–Crippen MR) is 112 cm³/mol. The van der Waals surface area contributed by atoms with E-state index in [1.54, 1.807) is 0 Å². The quantitative estimate of drug-likeness (QED) is 0.295. The molecule has 2 aromatic rings. The zero-order chi connectivity index (χ0) is 19.8. The Labute approximate surface area is 162 Å². The largest absolute Gasteiger partial charge is 0.499 e. The average molecular weight is 361 g/mol. The van der Waals surface area contributed by atoms with E-state index >= 15 is 0 Å². The number of ether oxygens (including phenoxy) is 1. The van der Waals surface area contributed by atoms with Gasteiger partial charge in [-0.25, -0.2) is 9.97 Å². The van der Waals surface area contributed by atoms with E-state index in [2.05, 4.69) is 24.1 Å². The number of terminal acetylenes is 1. The third-order valence-electron chi connectivity index (χ3n) is 4.42. The lowest BCUT2D eigenvalue weighted by Crippen LogP contribution is -2.09. The van der Waals surface area contributed by atoms with Crippen LogP contribution in [0.3, 0.4) is 0 Å². The average Bonchev–Trinajstić information content (AvgIpc) is 2.67. The first kappa shape index (κ1) is 20.3. The third kappa shape index (κ3) is 5.46. The fourth-order valence-electron chi connectivity index (χ4n) is 2.84. The number of rotatable bonds is 9. The van der Waals surface area contributed by atoms with Crippen molar-refractivity contribution >= 4 is 5.82 Å². The van der Waals surface area contributed by atoms with Crippen LogP contribution in [-0.2, 0) is 4.74 Å². The van der Waals surface area contributed by atoms with E-state index in [0.29, 0.717) is 18.2 Å². The van der Waals surface area contributed by atoms with Crippen LogP contribution in [-0.4, -0.2) is 16.6 Å². The van der Waals surface area contributed by atoms with Crippen molar-refractivity contribution in [3.63, 3.8) is 0 Å². The Morgan fingerprint density at radius 3 is 2.59 bits per heavy atom. The zero-order valence-corrected chi connectivity index (χ0v) is 16.2.